The smallest absolute Gasteiger partial charge is 0.132 e. The lowest BCUT2D eigenvalue weighted by Crippen LogP contribution is -2.35. The van der Waals surface area contributed by atoms with Crippen molar-refractivity contribution < 1.29 is 4.74 Å². The van der Waals surface area contributed by atoms with E-state index in [1.54, 1.807) is 7.11 Å². The van der Waals surface area contributed by atoms with Crippen molar-refractivity contribution in [1.82, 2.24) is 19.8 Å². The van der Waals surface area contributed by atoms with E-state index in [9.17, 15) is 0 Å². The predicted octanol–water partition coefficient (Wildman–Crippen LogP) is 3.47. The van der Waals surface area contributed by atoms with Gasteiger partial charge in [-0.25, -0.2) is 9.97 Å². The molecule has 0 saturated carbocycles. The third kappa shape index (κ3) is 4.06. The summed E-state index contributed by atoms with van der Waals surface area (Å²) in [5.74, 6) is 2.47. The second kappa shape index (κ2) is 8.18. The summed E-state index contributed by atoms with van der Waals surface area (Å²) in [5.41, 5.74) is 6.48. The van der Waals surface area contributed by atoms with Gasteiger partial charge in [-0.2, -0.15) is 0 Å². The topological polar surface area (TPSA) is 41.5 Å². The second-order valence-corrected chi connectivity index (χ2v) is 8.51. The van der Waals surface area contributed by atoms with E-state index in [2.05, 4.69) is 49.0 Å². The lowest BCUT2D eigenvalue weighted by atomic mass is 9.95. The Morgan fingerprint density at radius 3 is 2.86 bits per heavy atom. The molecule has 1 fully saturated rings. The average molecular weight is 381 g/mol. The van der Waals surface area contributed by atoms with Crippen LogP contribution in [0.3, 0.4) is 0 Å². The predicted molar refractivity (Wildman–Crippen MR) is 112 cm³/mol. The molecule has 0 unspecified atom stereocenters. The molecule has 28 heavy (non-hydrogen) atoms. The molecule has 2 aromatic rings. The van der Waals surface area contributed by atoms with Crippen LogP contribution in [-0.2, 0) is 19.5 Å². The van der Waals surface area contributed by atoms with Crippen LogP contribution < -0.4 is 4.74 Å². The van der Waals surface area contributed by atoms with E-state index in [1.165, 1.54) is 40.8 Å². The Hall–Kier alpha value is -1.98. The number of ether oxygens (including phenoxy) is 1. The van der Waals surface area contributed by atoms with E-state index >= 15 is 0 Å². The Morgan fingerprint density at radius 1 is 1.18 bits per heavy atom. The lowest BCUT2D eigenvalue weighted by molar-refractivity contribution is 0.195. The van der Waals surface area contributed by atoms with Gasteiger partial charge in [-0.15, -0.1) is 0 Å². The number of methoxy groups -OCH3 is 1. The van der Waals surface area contributed by atoms with Gasteiger partial charge in [-0.1, -0.05) is 6.07 Å². The zero-order valence-electron chi connectivity index (χ0n) is 17.7. The van der Waals surface area contributed by atoms with E-state index in [0.717, 1.165) is 50.7 Å². The van der Waals surface area contributed by atoms with Crippen molar-refractivity contribution in [1.29, 1.82) is 0 Å². The van der Waals surface area contributed by atoms with Crippen LogP contribution in [0.2, 0.25) is 0 Å². The molecule has 4 rings (SSSR count). The van der Waals surface area contributed by atoms with Gasteiger partial charge in [0.15, 0.2) is 0 Å². The summed E-state index contributed by atoms with van der Waals surface area (Å²) in [6, 6.07) is 4.44. The number of likely N-dealkylation sites (N-methyl/N-ethyl adjacent to an activating group) is 1. The number of rotatable bonds is 4. The first-order valence-electron chi connectivity index (χ1n) is 10.4. The van der Waals surface area contributed by atoms with Crippen molar-refractivity contribution in [3.8, 4) is 5.75 Å². The minimum absolute atomic E-state index is 0.443. The normalized spacial score (nSPS) is 20.8. The first-order valence-corrected chi connectivity index (χ1v) is 10.4. The Labute approximate surface area is 168 Å². The first-order chi connectivity index (χ1) is 13.5. The summed E-state index contributed by atoms with van der Waals surface area (Å²) in [6.45, 7) is 9.56. The molecule has 3 heterocycles. The fourth-order valence-electron chi connectivity index (χ4n) is 4.56. The van der Waals surface area contributed by atoms with Crippen molar-refractivity contribution in [2.75, 3.05) is 33.8 Å². The van der Waals surface area contributed by atoms with Crippen LogP contribution in [0.5, 0.6) is 5.75 Å². The maximum atomic E-state index is 5.46. The van der Waals surface area contributed by atoms with E-state index in [-0.39, 0.29) is 0 Å². The van der Waals surface area contributed by atoms with Crippen LogP contribution >= 0.6 is 0 Å². The van der Waals surface area contributed by atoms with Crippen molar-refractivity contribution in [3.63, 3.8) is 0 Å². The van der Waals surface area contributed by atoms with Gasteiger partial charge in [-0.3, -0.25) is 4.90 Å². The number of fused-ring (bicyclic) bond motifs is 1. The molecule has 5 heteroatoms. The maximum absolute atomic E-state index is 5.46. The van der Waals surface area contributed by atoms with Gasteiger partial charge >= 0.3 is 0 Å². The quantitative estimate of drug-likeness (QED) is 0.812. The third-order valence-electron chi connectivity index (χ3n) is 6.26. The van der Waals surface area contributed by atoms with Crippen LogP contribution in [0.25, 0.3) is 0 Å². The number of aromatic nitrogens is 2. The largest absolute Gasteiger partial charge is 0.496 e. The highest BCUT2D eigenvalue weighted by Gasteiger charge is 2.25. The van der Waals surface area contributed by atoms with E-state index in [4.69, 9.17) is 14.7 Å². The van der Waals surface area contributed by atoms with Crippen molar-refractivity contribution in [3.05, 3.63) is 52.1 Å². The Bertz CT molecular complexity index is 851. The molecule has 0 amide bonds. The summed E-state index contributed by atoms with van der Waals surface area (Å²) >= 11 is 0. The molecule has 1 saturated heterocycles. The van der Waals surface area contributed by atoms with Gasteiger partial charge in [0, 0.05) is 56.0 Å². The minimum atomic E-state index is 0.443. The number of likely N-dealkylation sites (tertiary alicyclic amines) is 1. The zero-order valence-corrected chi connectivity index (χ0v) is 17.7. The van der Waals surface area contributed by atoms with Gasteiger partial charge in [0.2, 0.25) is 0 Å². The highest BCUT2D eigenvalue weighted by molar-refractivity contribution is 5.41. The molecule has 0 N–H and O–H groups in total. The molecule has 1 aromatic heterocycles. The molecule has 1 aromatic carbocycles. The number of hydrogen-bond acceptors (Lipinski definition) is 5. The van der Waals surface area contributed by atoms with Gasteiger partial charge in [0.05, 0.1) is 7.11 Å². The Morgan fingerprint density at radius 2 is 2.04 bits per heavy atom. The van der Waals surface area contributed by atoms with E-state index < -0.39 is 0 Å². The SMILES string of the molecule is COc1cc(C)c(CN2CCC[C@@H](c3ncc4c(n3)CCN(C)C4)C2)cc1C. The number of aryl methyl sites for hydroxylation is 2. The van der Waals surface area contributed by atoms with Gasteiger partial charge in [0.25, 0.3) is 0 Å². The fourth-order valence-corrected chi connectivity index (χ4v) is 4.56. The molecule has 2 aliphatic rings. The fraction of sp³-hybridized carbons (Fsp3) is 0.565. The second-order valence-electron chi connectivity index (χ2n) is 8.51. The van der Waals surface area contributed by atoms with Crippen LogP contribution in [-0.4, -0.2) is 53.6 Å². The molecule has 1 atom stereocenters. The Kier molecular flexibility index (Phi) is 5.65. The number of hydrogen-bond donors (Lipinski definition) is 0. The molecule has 0 radical (unpaired) electrons. The van der Waals surface area contributed by atoms with Gasteiger partial charge in [-0.05, 0) is 63.0 Å². The van der Waals surface area contributed by atoms with E-state index in [1.807, 2.05) is 0 Å². The highest BCUT2D eigenvalue weighted by Crippen LogP contribution is 2.29. The maximum Gasteiger partial charge on any atom is 0.132 e. The van der Waals surface area contributed by atoms with Crippen LogP contribution in [0, 0.1) is 13.8 Å². The summed E-state index contributed by atoms with van der Waals surface area (Å²) in [5, 5.41) is 0. The Balaban J connectivity index is 1.47. The summed E-state index contributed by atoms with van der Waals surface area (Å²) in [6.07, 6.45) is 5.52. The first kappa shape index (κ1) is 19.3. The molecule has 0 spiro atoms. The standard InChI is InChI=1S/C23H32N4O/c1-16-11-22(28-4)17(2)10-19(16)15-27-8-5-6-18(14-27)23-24-12-20-13-26(3)9-7-21(20)25-23/h10-12,18H,5-9,13-15H2,1-4H3/t18-/m1/s1. The van der Waals surface area contributed by atoms with Crippen LogP contribution in [0.15, 0.2) is 18.3 Å². The summed E-state index contributed by atoms with van der Waals surface area (Å²) in [7, 11) is 3.91. The van der Waals surface area contributed by atoms with Crippen LogP contribution in [0.1, 0.15) is 52.5 Å². The van der Waals surface area contributed by atoms with Crippen LogP contribution in [0.4, 0.5) is 0 Å². The summed E-state index contributed by atoms with van der Waals surface area (Å²) < 4.78 is 5.46. The number of nitrogens with zero attached hydrogens (tertiary/aromatic N) is 4. The minimum Gasteiger partial charge on any atom is -0.496 e. The molecule has 0 aliphatic carbocycles. The van der Waals surface area contributed by atoms with Gasteiger partial charge < -0.3 is 9.64 Å². The number of benzene rings is 1. The molecular weight excluding hydrogens is 348 g/mol. The molecule has 5 nitrogen and oxygen atoms in total. The highest BCUT2D eigenvalue weighted by atomic mass is 16.5. The lowest BCUT2D eigenvalue weighted by Gasteiger charge is -2.33. The third-order valence-corrected chi connectivity index (χ3v) is 6.26. The molecular formula is C23H32N4O. The molecule has 150 valence electrons. The zero-order chi connectivity index (χ0) is 19.7. The van der Waals surface area contributed by atoms with Crippen molar-refractivity contribution >= 4 is 0 Å². The van der Waals surface area contributed by atoms with Crippen molar-refractivity contribution in [2.24, 2.45) is 0 Å². The summed E-state index contributed by atoms with van der Waals surface area (Å²) in [4.78, 5) is 14.7. The number of piperidine rings is 1. The molecule has 0 bridgehead atoms. The van der Waals surface area contributed by atoms with E-state index in [0.29, 0.717) is 5.92 Å². The van der Waals surface area contributed by atoms with Crippen molar-refractivity contribution in [2.45, 2.75) is 52.1 Å². The van der Waals surface area contributed by atoms with Gasteiger partial charge in [0.1, 0.15) is 11.6 Å². The average Bonchev–Trinajstić information content (AvgIpc) is 2.70. The monoisotopic (exact) mass is 380 g/mol. The molecule has 2 aliphatic heterocycles.